The normalized spacial score (nSPS) is 11.8. The van der Waals surface area contributed by atoms with Crippen LogP contribution in [-0.2, 0) is 5.41 Å². The van der Waals surface area contributed by atoms with E-state index in [1.807, 2.05) is 20.8 Å². The molecule has 0 spiro atoms. The lowest BCUT2D eigenvalue weighted by molar-refractivity contribution is 0.558. The molecule has 0 saturated heterocycles. The number of nitrogens with zero attached hydrogens (tertiary/aromatic N) is 2. The molecule has 2 nitrogen and oxygen atoms in total. The third-order valence-electron chi connectivity index (χ3n) is 1.47. The molecule has 1 heterocycles. The molecular weight excluding hydrogens is 195 g/mol. The van der Waals surface area contributed by atoms with Crippen molar-refractivity contribution < 1.29 is 0 Å². The average molecular weight is 205 g/mol. The first-order valence-corrected chi connectivity index (χ1v) is 4.36. The molecule has 4 heteroatoms. The Labute approximate surface area is 81.9 Å². The molecule has 66 valence electrons. The lowest BCUT2D eigenvalue weighted by Crippen LogP contribution is -2.14. The quantitative estimate of drug-likeness (QED) is 0.650. The van der Waals surface area contributed by atoms with Crippen LogP contribution in [0.2, 0.25) is 10.2 Å². The van der Waals surface area contributed by atoms with Crippen molar-refractivity contribution >= 4 is 23.2 Å². The second-order valence-electron chi connectivity index (χ2n) is 3.62. The Bertz CT molecular complexity index is 292. The first kappa shape index (κ1) is 9.75. The minimum atomic E-state index is -0.0404. The minimum Gasteiger partial charge on any atom is -0.153 e. The van der Waals surface area contributed by atoms with Crippen molar-refractivity contribution in [3.05, 3.63) is 21.9 Å². The van der Waals surface area contributed by atoms with E-state index in [2.05, 4.69) is 10.2 Å². The van der Waals surface area contributed by atoms with Gasteiger partial charge in [0, 0.05) is 5.41 Å². The summed E-state index contributed by atoms with van der Waals surface area (Å²) in [6.07, 6.45) is 0. The summed E-state index contributed by atoms with van der Waals surface area (Å²) in [6, 6.07) is 1.75. The van der Waals surface area contributed by atoms with E-state index in [1.165, 1.54) is 0 Å². The summed E-state index contributed by atoms with van der Waals surface area (Å²) < 4.78 is 0. The van der Waals surface area contributed by atoms with E-state index in [4.69, 9.17) is 23.2 Å². The maximum atomic E-state index is 5.79. The van der Waals surface area contributed by atoms with Gasteiger partial charge >= 0.3 is 0 Å². The highest BCUT2D eigenvalue weighted by Crippen LogP contribution is 2.25. The number of rotatable bonds is 0. The van der Waals surface area contributed by atoms with Gasteiger partial charge < -0.3 is 0 Å². The largest absolute Gasteiger partial charge is 0.170 e. The van der Waals surface area contributed by atoms with Crippen LogP contribution < -0.4 is 0 Å². The van der Waals surface area contributed by atoms with Crippen LogP contribution in [0.25, 0.3) is 0 Å². The van der Waals surface area contributed by atoms with Crippen molar-refractivity contribution in [3.8, 4) is 0 Å². The summed E-state index contributed by atoms with van der Waals surface area (Å²) in [7, 11) is 0. The van der Waals surface area contributed by atoms with Crippen LogP contribution in [0.1, 0.15) is 26.5 Å². The summed E-state index contributed by atoms with van der Waals surface area (Å²) in [6.45, 7) is 6.13. The van der Waals surface area contributed by atoms with Gasteiger partial charge in [-0.1, -0.05) is 44.0 Å². The van der Waals surface area contributed by atoms with Gasteiger partial charge in [-0.15, -0.1) is 5.10 Å². The van der Waals surface area contributed by atoms with E-state index in [-0.39, 0.29) is 10.6 Å². The van der Waals surface area contributed by atoms with Crippen molar-refractivity contribution in [2.24, 2.45) is 0 Å². The lowest BCUT2D eigenvalue weighted by atomic mass is 9.92. The van der Waals surface area contributed by atoms with Crippen LogP contribution in [0.5, 0.6) is 0 Å². The van der Waals surface area contributed by atoms with Gasteiger partial charge in [-0.3, -0.25) is 0 Å². The number of hydrogen-bond donors (Lipinski definition) is 0. The standard InChI is InChI=1S/C8H10Cl2N2/c1-8(2,3)6-4-5(9)7(10)12-11-6/h4H,1-3H3. The Kier molecular flexibility index (Phi) is 2.59. The summed E-state index contributed by atoms with van der Waals surface area (Å²) in [5.41, 5.74) is 0.804. The molecule has 0 atom stereocenters. The maximum absolute atomic E-state index is 5.79. The van der Waals surface area contributed by atoms with E-state index in [0.29, 0.717) is 5.02 Å². The van der Waals surface area contributed by atoms with Crippen LogP contribution in [-0.4, -0.2) is 10.2 Å². The predicted octanol–water partition coefficient (Wildman–Crippen LogP) is 3.08. The van der Waals surface area contributed by atoms with Gasteiger partial charge in [0.25, 0.3) is 0 Å². The molecule has 1 aromatic rings. The predicted molar refractivity (Wildman–Crippen MR) is 50.8 cm³/mol. The van der Waals surface area contributed by atoms with Crippen LogP contribution in [0.3, 0.4) is 0 Å². The van der Waals surface area contributed by atoms with Crippen LogP contribution in [0.15, 0.2) is 6.07 Å². The fourth-order valence-electron chi connectivity index (χ4n) is 0.720. The molecule has 0 aliphatic heterocycles. The number of halogens is 2. The Morgan fingerprint density at radius 3 is 2.17 bits per heavy atom. The topological polar surface area (TPSA) is 25.8 Å². The van der Waals surface area contributed by atoms with Crippen molar-refractivity contribution in [1.29, 1.82) is 0 Å². The monoisotopic (exact) mass is 204 g/mol. The summed E-state index contributed by atoms with van der Waals surface area (Å²) in [5, 5.41) is 8.38. The highest BCUT2D eigenvalue weighted by Gasteiger charge is 2.17. The van der Waals surface area contributed by atoms with Crippen molar-refractivity contribution in [1.82, 2.24) is 10.2 Å². The zero-order valence-electron chi connectivity index (χ0n) is 7.23. The molecule has 0 aliphatic rings. The van der Waals surface area contributed by atoms with E-state index >= 15 is 0 Å². The molecule has 0 aliphatic carbocycles. The Morgan fingerprint density at radius 1 is 1.17 bits per heavy atom. The maximum Gasteiger partial charge on any atom is 0.170 e. The average Bonchev–Trinajstić information content (AvgIpc) is 1.92. The molecule has 1 aromatic heterocycles. The van der Waals surface area contributed by atoms with Crippen molar-refractivity contribution in [3.63, 3.8) is 0 Å². The molecule has 0 bridgehead atoms. The minimum absolute atomic E-state index is 0.0404. The molecular formula is C8H10Cl2N2. The van der Waals surface area contributed by atoms with Gasteiger partial charge in [-0.05, 0) is 6.07 Å². The summed E-state index contributed by atoms with van der Waals surface area (Å²) in [5.74, 6) is 0. The van der Waals surface area contributed by atoms with E-state index in [9.17, 15) is 0 Å². The van der Waals surface area contributed by atoms with Crippen LogP contribution >= 0.6 is 23.2 Å². The first-order chi connectivity index (χ1) is 5.41. The third kappa shape index (κ3) is 2.08. The molecule has 0 radical (unpaired) electrons. The Hall–Kier alpha value is -0.340. The lowest BCUT2D eigenvalue weighted by Gasteiger charge is -2.16. The molecule has 1 rings (SSSR count). The summed E-state index contributed by atoms with van der Waals surface area (Å²) in [4.78, 5) is 0. The molecule has 0 saturated carbocycles. The van der Waals surface area contributed by atoms with Crippen LogP contribution in [0.4, 0.5) is 0 Å². The van der Waals surface area contributed by atoms with E-state index in [1.54, 1.807) is 6.07 Å². The Morgan fingerprint density at radius 2 is 1.75 bits per heavy atom. The zero-order chi connectivity index (χ0) is 9.35. The fourth-order valence-corrected chi connectivity index (χ4v) is 0.954. The molecule has 0 N–H and O–H groups in total. The van der Waals surface area contributed by atoms with Gasteiger partial charge in [0.2, 0.25) is 0 Å². The highest BCUT2D eigenvalue weighted by atomic mass is 35.5. The molecule has 12 heavy (non-hydrogen) atoms. The van der Waals surface area contributed by atoms with E-state index < -0.39 is 0 Å². The van der Waals surface area contributed by atoms with Crippen LogP contribution in [0, 0.1) is 0 Å². The van der Waals surface area contributed by atoms with Gasteiger partial charge in [0.05, 0.1) is 10.7 Å². The van der Waals surface area contributed by atoms with Crippen molar-refractivity contribution in [2.75, 3.05) is 0 Å². The third-order valence-corrected chi connectivity index (χ3v) is 2.14. The van der Waals surface area contributed by atoms with Gasteiger partial charge in [-0.25, -0.2) is 0 Å². The number of aromatic nitrogens is 2. The van der Waals surface area contributed by atoms with E-state index in [0.717, 1.165) is 5.69 Å². The second-order valence-corrected chi connectivity index (χ2v) is 4.38. The van der Waals surface area contributed by atoms with Crippen molar-refractivity contribution in [2.45, 2.75) is 26.2 Å². The SMILES string of the molecule is CC(C)(C)c1cc(Cl)c(Cl)nn1. The smallest absolute Gasteiger partial charge is 0.153 e. The summed E-state index contributed by atoms with van der Waals surface area (Å²) >= 11 is 11.4. The fraction of sp³-hybridized carbons (Fsp3) is 0.500. The van der Waals surface area contributed by atoms with Gasteiger partial charge in [-0.2, -0.15) is 5.10 Å². The highest BCUT2D eigenvalue weighted by molar-refractivity contribution is 6.41. The molecule has 0 aromatic carbocycles. The molecule has 0 amide bonds. The number of hydrogen-bond acceptors (Lipinski definition) is 2. The molecule has 0 unspecified atom stereocenters. The first-order valence-electron chi connectivity index (χ1n) is 3.60. The zero-order valence-corrected chi connectivity index (χ0v) is 8.74. The second kappa shape index (κ2) is 3.19. The molecule has 0 fully saturated rings. The Balaban J connectivity index is 3.14. The van der Waals surface area contributed by atoms with Gasteiger partial charge in [0.15, 0.2) is 5.15 Å². The van der Waals surface area contributed by atoms with Gasteiger partial charge in [0.1, 0.15) is 0 Å².